The van der Waals surface area contributed by atoms with Crippen molar-refractivity contribution in [3.8, 4) is 0 Å². The summed E-state index contributed by atoms with van der Waals surface area (Å²) >= 11 is 0. The van der Waals surface area contributed by atoms with Gasteiger partial charge in [0, 0.05) is 0 Å². The van der Waals surface area contributed by atoms with Crippen molar-refractivity contribution in [2.75, 3.05) is 21.3 Å². The number of ether oxygens (including phenoxy) is 3. The fourth-order valence-corrected chi connectivity index (χ4v) is 2.08. The maximum absolute atomic E-state index is 11.1. The van der Waals surface area contributed by atoms with Crippen molar-refractivity contribution in [3.63, 3.8) is 0 Å². The Balaban J connectivity index is 0.000000488. The molecular formula is C20H30O6. The summed E-state index contributed by atoms with van der Waals surface area (Å²) in [5.74, 6) is -1.44. The number of esters is 3. The van der Waals surface area contributed by atoms with E-state index in [0.29, 0.717) is 11.5 Å². The predicted octanol–water partition coefficient (Wildman–Crippen LogP) is 3.59. The molecule has 1 aromatic rings. The van der Waals surface area contributed by atoms with Crippen LogP contribution in [0.5, 0.6) is 0 Å². The summed E-state index contributed by atoms with van der Waals surface area (Å²) in [5.41, 5.74) is 1.87. The van der Waals surface area contributed by atoms with Crippen LogP contribution < -0.4 is 0 Å². The molecule has 6 nitrogen and oxygen atoms in total. The molecule has 0 saturated carbocycles. The molecule has 3 atom stereocenters. The number of hydrogen-bond donors (Lipinski definition) is 0. The Morgan fingerprint density at radius 2 is 1.23 bits per heavy atom. The molecule has 0 bridgehead atoms. The highest BCUT2D eigenvalue weighted by atomic mass is 16.5. The van der Waals surface area contributed by atoms with E-state index in [9.17, 15) is 14.4 Å². The average molecular weight is 366 g/mol. The fourth-order valence-electron chi connectivity index (χ4n) is 2.08. The zero-order valence-corrected chi connectivity index (χ0v) is 16.7. The van der Waals surface area contributed by atoms with Gasteiger partial charge in [0.1, 0.15) is 0 Å². The summed E-state index contributed by atoms with van der Waals surface area (Å²) < 4.78 is 13.6. The zero-order valence-electron chi connectivity index (χ0n) is 16.7. The van der Waals surface area contributed by atoms with Crippen molar-refractivity contribution in [2.24, 2.45) is 11.8 Å². The van der Waals surface area contributed by atoms with Crippen LogP contribution in [0.1, 0.15) is 56.0 Å². The molecule has 0 fully saturated rings. The van der Waals surface area contributed by atoms with E-state index in [0.717, 1.165) is 6.42 Å². The lowest BCUT2D eigenvalue weighted by atomic mass is 9.96. The largest absolute Gasteiger partial charge is 0.469 e. The molecule has 0 heterocycles. The van der Waals surface area contributed by atoms with Crippen LogP contribution in [0.15, 0.2) is 24.3 Å². The van der Waals surface area contributed by atoms with Gasteiger partial charge in [-0.1, -0.05) is 39.8 Å². The van der Waals surface area contributed by atoms with Crippen LogP contribution in [0.2, 0.25) is 0 Å². The second-order valence-electron chi connectivity index (χ2n) is 6.05. The number of rotatable bonds is 6. The summed E-state index contributed by atoms with van der Waals surface area (Å²) in [6, 6.07) is 7.60. The molecule has 26 heavy (non-hydrogen) atoms. The minimum Gasteiger partial charge on any atom is -0.469 e. The molecule has 0 aliphatic heterocycles. The average Bonchev–Trinajstić information content (AvgIpc) is 2.70. The Hall–Kier alpha value is -2.37. The summed E-state index contributed by atoms with van der Waals surface area (Å²) in [6.07, 6.45) is 1.11. The minimum atomic E-state index is -0.456. The molecule has 1 aromatic carbocycles. The molecular weight excluding hydrogens is 336 g/mol. The third kappa shape index (κ3) is 7.25. The predicted molar refractivity (Wildman–Crippen MR) is 98.8 cm³/mol. The topological polar surface area (TPSA) is 78.9 Å². The van der Waals surface area contributed by atoms with Crippen LogP contribution in [0.4, 0.5) is 0 Å². The Labute approximate surface area is 155 Å². The van der Waals surface area contributed by atoms with Crippen LogP contribution in [-0.4, -0.2) is 39.2 Å². The fraction of sp³-hybridized carbons (Fsp3) is 0.550. The van der Waals surface area contributed by atoms with Crippen LogP contribution in [-0.2, 0) is 23.8 Å². The van der Waals surface area contributed by atoms with Gasteiger partial charge in [0.2, 0.25) is 0 Å². The molecule has 1 rings (SSSR count). The third-order valence-corrected chi connectivity index (χ3v) is 4.41. The van der Waals surface area contributed by atoms with Crippen LogP contribution >= 0.6 is 0 Å². The molecule has 0 aliphatic carbocycles. The van der Waals surface area contributed by atoms with Gasteiger partial charge < -0.3 is 14.2 Å². The monoisotopic (exact) mass is 366 g/mol. The van der Waals surface area contributed by atoms with Crippen LogP contribution in [0.25, 0.3) is 0 Å². The first-order chi connectivity index (χ1) is 12.2. The summed E-state index contributed by atoms with van der Waals surface area (Å²) in [6.45, 7) is 7.59. The maximum atomic E-state index is 11.1. The first-order valence-corrected chi connectivity index (χ1v) is 8.57. The number of benzene rings is 1. The highest BCUT2D eigenvalue weighted by Crippen LogP contribution is 2.18. The molecule has 0 aromatic heterocycles. The Morgan fingerprint density at radius 1 is 0.808 bits per heavy atom. The first kappa shape index (κ1) is 23.6. The molecule has 0 radical (unpaired) electrons. The Morgan fingerprint density at radius 3 is 1.54 bits per heavy atom. The van der Waals surface area contributed by atoms with Gasteiger partial charge in [-0.3, -0.25) is 9.59 Å². The van der Waals surface area contributed by atoms with Gasteiger partial charge in [-0.15, -0.1) is 0 Å². The van der Waals surface area contributed by atoms with Crippen molar-refractivity contribution >= 4 is 17.9 Å². The number of hydrogen-bond acceptors (Lipinski definition) is 6. The molecule has 0 N–H and O–H groups in total. The van der Waals surface area contributed by atoms with Gasteiger partial charge >= 0.3 is 17.9 Å². The summed E-state index contributed by atoms with van der Waals surface area (Å²) in [7, 11) is 3.98. The van der Waals surface area contributed by atoms with Gasteiger partial charge in [-0.25, -0.2) is 4.79 Å². The smallest absolute Gasteiger partial charge is 0.337 e. The van der Waals surface area contributed by atoms with Crippen molar-refractivity contribution in [1.29, 1.82) is 0 Å². The molecule has 6 heteroatoms. The Kier molecular flexibility index (Phi) is 11.0. The van der Waals surface area contributed by atoms with Crippen molar-refractivity contribution in [1.82, 2.24) is 0 Å². The van der Waals surface area contributed by atoms with E-state index in [1.807, 2.05) is 24.3 Å². The maximum Gasteiger partial charge on any atom is 0.337 e. The summed E-state index contributed by atoms with van der Waals surface area (Å²) in [4.78, 5) is 33.0. The minimum absolute atomic E-state index is 0.277. The molecule has 0 saturated heterocycles. The molecule has 0 spiro atoms. The van der Waals surface area contributed by atoms with E-state index in [1.54, 1.807) is 13.8 Å². The molecule has 0 amide bonds. The van der Waals surface area contributed by atoms with E-state index < -0.39 is 23.8 Å². The van der Waals surface area contributed by atoms with Gasteiger partial charge in [0.25, 0.3) is 0 Å². The van der Waals surface area contributed by atoms with Gasteiger partial charge in [-0.05, 0) is 30.0 Å². The number of carbonyl (C=O) groups excluding carboxylic acids is 3. The number of carbonyl (C=O) groups is 3. The van der Waals surface area contributed by atoms with E-state index in [4.69, 9.17) is 0 Å². The normalized spacial score (nSPS) is 13.3. The standard InChI is InChI=1S/C12H16O2.C8H14O4/c1-4-9(2)10-5-7-11(8-6-10)12(13)14-3;1-5(7(9)11-3)6(2)8(10)12-4/h5-9H,4H2,1-3H3;5-6H,1-4H3. The summed E-state index contributed by atoms with van der Waals surface area (Å²) in [5, 5.41) is 0. The zero-order chi connectivity index (χ0) is 20.3. The highest BCUT2D eigenvalue weighted by Gasteiger charge is 2.27. The third-order valence-electron chi connectivity index (χ3n) is 4.41. The lowest BCUT2D eigenvalue weighted by Crippen LogP contribution is -2.27. The first-order valence-electron chi connectivity index (χ1n) is 8.57. The lowest BCUT2D eigenvalue weighted by Gasteiger charge is -2.14. The van der Waals surface area contributed by atoms with Crippen molar-refractivity contribution in [3.05, 3.63) is 35.4 Å². The number of methoxy groups -OCH3 is 3. The molecule has 0 aliphatic rings. The highest BCUT2D eigenvalue weighted by molar-refractivity contribution is 5.89. The van der Waals surface area contributed by atoms with E-state index in [2.05, 4.69) is 28.1 Å². The van der Waals surface area contributed by atoms with E-state index in [1.165, 1.54) is 26.9 Å². The van der Waals surface area contributed by atoms with Gasteiger partial charge in [0.15, 0.2) is 0 Å². The van der Waals surface area contributed by atoms with Crippen LogP contribution in [0.3, 0.4) is 0 Å². The van der Waals surface area contributed by atoms with E-state index >= 15 is 0 Å². The molecule has 3 unspecified atom stereocenters. The van der Waals surface area contributed by atoms with E-state index in [-0.39, 0.29) is 5.97 Å². The van der Waals surface area contributed by atoms with Crippen LogP contribution in [0, 0.1) is 11.8 Å². The lowest BCUT2D eigenvalue weighted by molar-refractivity contribution is -0.156. The SMILES string of the molecule is CCC(C)c1ccc(C(=O)OC)cc1.COC(=O)C(C)C(C)C(=O)OC. The Bertz CT molecular complexity index is 558. The molecule has 146 valence electrons. The van der Waals surface area contributed by atoms with Gasteiger partial charge in [-0.2, -0.15) is 0 Å². The second-order valence-corrected chi connectivity index (χ2v) is 6.05. The quantitative estimate of drug-likeness (QED) is 0.565. The second kappa shape index (κ2) is 12.1. The van der Waals surface area contributed by atoms with Gasteiger partial charge in [0.05, 0.1) is 38.7 Å². The van der Waals surface area contributed by atoms with Crippen molar-refractivity contribution in [2.45, 2.75) is 40.0 Å². The van der Waals surface area contributed by atoms with Crippen molar-refractivity contribution < 1.29 is 28.6 Å².